The van der Waals surface area contributed by atoms with Crippen molar-refractivity contribution in [1.29, 1.82) is 0 Å². The number of ether oxygens (including phenoxy) is 3. The predicted octanol–water partition coefficient (Wildman–Crippen LogP) is 5.89. The largest absolute Gasteiger partial charge is 0.497 e. The molecule has 1 aromatic heterocycles. The lowest BCUT2D eigenvalue weighted by Crippen LogP contribution is -2.48. The first kappa shape index (κ1) is 29.4. The molecule has 3 aromatic carbocycles. The summed E-state index contributed by atoms with van der Waals surface area (Å²) in [4.78, 5) is 24.8. The van der Waals surface area contributed by atoms with Gasteiger partial charge in [-0.25, -0.2) is 4.98 Å². The van der Waals surface area contributed by atoms with E-state index in [0.717, 1.165) is 46.6 Å². The Hall–Kier alpha value is -4.08. The number of carbonyl (C=O) groups is 1. The molecular formula is C33H38N4O4S. The molecule has 42 heavy (non-hydrogen) atoms. The highest BCUT2D eigenvalue weighted by Gasteiger charge is 2.25. The second-order valence-electron chi connectivity index (χ2n) is 10.3. The maximum absolute atomic E-state index is 13.4. The van der Waals surface area contributed by atoms with Crippen molar-refractivity contribution in [1.82, 2.24) is 14.8 Å². The van der Waals surface area contributed by atoms with Crippen LogP contribution in [0.15, 0.2) is 78.2 Å². The van der Waals surface area contributed by atoms with Crippen LogP contribution in [0.25, 0.3) is 0 Å². The number of benzene rings is 3. The van der Waals surface area contributed by atoms with E-state index in [1.807, 2.05) is 46.7 Å². The average molecular weight is 587 g/mol. The van der Waals surface area contributed by atoms with Crippen molar-refractivity contribution in [2.75, 3.05) is 52.4 Å². The molecule has 1 atom stereocenters. The number of hydrogen-bond donors (Lipinski definition) is 0. The Morgan fingerprint density at radius 3 is 2.24 bits per heavy atom. The van der Waals surface area contributed by atoms with Crippen LogP contribution in [0.2, 0.25) is 0 Å². The molecule has 1 fully saturated rings. The quantitative estimate of drug-likeness (QED) is 0.217. The van der Waals surface area contributed by atoms with Gasteiger partial charge >= 0.3 is 0 Å². The molecule has 0 saturated carbocycles. The number of amides is 1. The van der Waals surface area contributed by atoms with E-state index in [-0.39, 0.29) is 11.9 Å². The van der Waals surface area contributed by atoms with E-state index >= 15 is 0 Å². The minimum atomic E-state index is -0.00800. The van der Waals surface area contributed by atoms with E-state index in [4.69, 9.17) is 19.2 Å². The molecule has 0 bridgehead atoms. The Kier molecular flexibility index (Phi) is 9.61. The summed E-state index contributed by atoms with van der Waals surface area (Å²) in [6.45, 7) is 6.34. The van der Waals surface area contributed by atoms with Crippen LogP contribution < -0.4 is 19.1 Å². The summed E-state index contributed by atoms with van der Waals surface area (Å²) in [7, 11) is 5.00. The van der Waals surface area contributed by atoms with Gasteiger partial charge < -0.3 is 24.0 Å². The molecule has 220 valence electrons. The molecule has 0 N–H and O–H groups in total. The molecule has 2 heterocycles. The van der Waals surface area contributed by atoms with Crippen molar-refractivity contribution in [2.45, 2.75) is 26.1 Å². The number of hydrogen-bond acceptors (Lipinski definition) is 8. The molecular weight excluding hydrogens is 548 g/mol. The van der Waals surface area contributed by atoms with Crippen LogP contribution in [-0.4, -0.2) is 68.2 Å². The standard InChI is InChI=1S/C33H38N4O4S/c1-24(25-8-6-5-7-9-25)37(21-26-10-13-29(40-3)20-31(26)41-4)22-32-34-30(23-42-32)33(38)36-18-16-35(17-19-36)27-11-14-28(39-2)15-12-27/h5-15,20,23-24H,16-19,21-22H2,1-4H3. The highest BCUT2D eigenvalue weighted by molar-refractivity contribution is 7.09. The zero-order valence-corrected chi connectivity index (χ0v) is 25.5. The minimum absolute atomic E-state index is 0.00800. The fourth-order valence-corrected chi connectivity index (χ4v) is 6.04. The first-order valence-corrected chi connectivity index (χ1v) is 15.0. The molecule has 0 spiro atoms. The lowest BCUT2D eigenvalue weighted by molar-refractivity contribution is 0.0741. The lowest BCUT2D eigenvalue weighted by Gasteiger charge is -2.35. The maximum Gasteiger partial charge on any atom is 0.273 e. The van der Waals surface area contributed by atoms with Crippen molar-refractivity contribution in [2.24, 2.45) is 0 Å². The van der Waals surface area contributed by atoms with Gasteiger partial charge in [0.2, 0.25) is 0 Å². The molecule has 9 heteroatoms. The molecule has 0 radical (unpaired) electrons. The third-order valence-corrected chi connectivity index (χ3v) is 8.64. The second kappa shape index (κ2) is 13.7. The first-order valence-electron chi connectivity index (χ1n) is 14.1. The molecule has 1 aliphatic rings. The Morgan fingerprint density at radius 1 is 0.881 bits per heavy atom. The number of piperazine rings is 1. The Morgan fingerprint density at radius 2 is 1.57 bits per heavy atom. The van der Waals surface area contributed by atoms with Gasteiger partial charge in [0.05, 0.1) is 27.9 Å². The molecule has 4 aromatic rings. The lowest BCUT2D eigenvalue weighted by atomic mass is 10.1. The van der Waals surface area contributed by atoms with Gasteiger partial charge in [-0.2, -0.15) is 0 Å². The van der Waals surface area contributed by atoms with Gasteiger partial charge in [0, 0.05) is 61.5 Å². The summed E-state index contributed by atoms with van der Waals surface area (Å²) in [5, 5.41) is 2.80. The van der Waals surface area contributed by atoms with Crippen LogP contribution in [0.1, 0.15) is 39.6 Å². The number of thiazole rings is 1. The fourth-order valence-electron chi connectivity index (χ4n) is 5.25. The van der Waals surface area contributed by atoms with Gasteiger partial charge in [-0.1, -0.05) is 36.4 Å². The Labute approximate surface area is 252 Å². The summed E-state index contributed by atoms with van der Waals surface area (Å²) in [5.74, 6) is 2.37. The molecule has 1 amide bonds. The summed E-state index contributed by atoms with van der Waals surface area (Å²) >= 11 is 1.54. The van der Waals surface area contributed by atoms with Gasteiger partial charge in [-0.05, 0) is 42.8 Å². The van der Waals surface area contributed by atoms with Gasteiger partial charge in [0.1, 0.15) is 28.0 Å². The van der Waals surface area contributed by atoms with E-state index in [1.165, 1.54) is 16.9 Å². The summed E-state index contributed by atoms with van der Waals surface area (Å²) in [6.07, 6.45) is 0. The number of aromatic nitrogens is 1. The van der Waals surface area contributed by atoms with Crippen LogP contribution in [-0.2, 0) is 13.1 Å². The summed E-state index contributed by atoms with van der Waals surface area (Å²) < 4.78 is 16.4. The first-order chi connectivity index (χ1) is 20.5. The van der Waals surface area contributed by atoms with Crippen LogP contribution in [0.4, 0.5) is 5.69 Å². The normalized spacial score (nSPS) is 14.1. The Bertz CT molecular complexity index is 1450. The molecule has 5 rings (SSSR count). The zero-order valence-electron chi connectivity index (χ0n) is 24.7. The average Bonchev–Trinajstić information content (AvgIpc) is 3.53. The number of nitrogens with zero attached hydrogens (tertiary/aromatic N) is 4. The number of rotatable bonds is 11. The topological polar surface area (TPSA) is 67.4 Å². The molecule has 8 nitrogen and oxygen atoms in total. The third-order valence-electron chi connectivity index (χ3n) is 7.81. The summed E-state index contributed by atoms with van der Waals surface area (Å²) in [5.41, 5.74) is 3.93. The molecule has 1 saturated heterocycles. The van der Waals surface area contributed by atoms with Crippen LogP contribution >= 0.6 is 11.3 Å². The van der Waals surface area contributed by atoms with E-state index in [0.29, 0.717) is 31.9 Å². The van der Waals surface area contributed by atoms with E-state index in [9.17, 15) is 4.79 Å². The van der Waals surface area contributed by atoms with Crippen LogP contribution in [0, 0.1) is 0 Å². The third kappa shape index (κ3) is 6.86. The predicted molar refractivity (Wildman–Crippen MR) is 167 cm³/mol. The van der Waals surface area contributed by atoms with Crippen molar-refractivity contribution >= 4 is 22.9 Å². The van der Waals surface area contributed by atoms with Gasteiger partial charge in [0.25, 0.3) is 5.91 Å². The SMILES string of the molecule is COc1ccc(N2CCN(C(=O)c3csc(CN(Cc4ccc(OC)cc4OC)C(C)c4ccccc4)n3)CC2)cc1. The highest BCUT2D eigenvalue weighted by atomic mass is 32.1. The molecule has 1 aliphatic heterocycles. The zero-order chi connectivity index (χ0) is 29.5. The van der Waals surface area contributed by atoms with Gasteiger partial charge in [-0.15, -0.1) is 11.3 Å². The smallest absolute Gasteiger partial charge is 0.273 e. The number of carbonyl (C=O) groups excluding carboxylic acids is 1. The van der Waals surface area contributed by atoms with Crippen LogP contribution in [0.3, 0.4) is 0 Å². The Balaban J connectivity index is 1.28. The number of methoxy groups -OCH3 is 3. The minimum Gasteiger partial charge on any atom is -0.497 e. The van der Waals surface area contributed by atoms with E-state index in [1.54, 1.807) is 21.3 Å². The van der Waals surface area contributed by atoms with Crippen molar-refractivity contribution in [3.8, 4) is 17.2 Å². The molecule has 0 aliphatic carbocycles. The van der Waals surface area contributed by atoms with Gasteiger partial charge in [0.15, 0.2) is 0 Å². The van der Waals surface area contributed by atoms with E-state index < -0.39 is 0 Å². The van der Waals surface area contributed by atoms with E-state index in [2.05, 4.69) is 53.1 Å². The maximum atomic E-state index is 13.4. The highest BCUT2D eigenvalue weighted by Crippen LogP contribution is 2.31. The van der Waals surface area contributed by atoms with Crippen molar-refractivity contribution in [3.05, 3.63) is 100 Å². The number of anilines is 1. The van der Waals surface area contributed by atoms with Gasteiger partial charge in [-0.3, -0.25) is 9.69 Å². The fraction of sp³-hybridized carbons (Fsp3) is 0.333. The van der Waals surface area contributed by atoms with Crippen LogP contribution in [0.5, 0.6) is 17.2 Å². The summed E-state index contributed by atoms with van der Waals surface area (Å²) in [6, 6.07) is 24.5. The second-order valence-corrected chi connectivity index (χ2v) is 11.2. The monoisotopic (exact) mass is 586 g/mol. The van der Waals surface area contributed by atoms with Crippen molar-refractivity contribution < 1.29 is 19.0 Å². The molecule has 1 unspecified atom stereocenters. The van der Waals surface area contributed by atoms with Crippen molar-refractivity contribution in [3.63, 3.8) is 0 Å².